The first-order valence-electron chi connectivity index (χ1n) is 13.6. The topological polar surface area (TPSA) is 26.3 Å². The Balaban J connectivity index is 3.17. The molecule has 0 atom stereocenters. The zero-order valence-electron chi connectivity index (χ0n) is 20.7. The van der Waals surface area contributed by atoms with Crippen LogP contribution < -0.4 is 0 Å². The van der Waals surface area contributed by atoms with Crippen LogP contribution in [0, 0.1) is 0 Å². The first-order valence-corrected chi connectivity index (χ1v) is 13.6. The van der Waals surface area contributed by atoms with Gasteiger partial charge in [-0.25, -0.2) is 0 Å². The first kappa shape index (κ1) is 29.2. The van der Waals surface area contributed by atoms with Gasteiger partial charge in [-0.1, -0.05) is 129 Å². The number of hydrogen-bond acceptors (Lipinski definition) is 2. The third kappa shape index (κ3) is 25.2. The highest BCUT2D eigenvalue weighted by Crippen LogP contribution is 2.12. The molecule has 0 aromatic rings. The lowest BCUT2D eigenvalue weighted by Gasteiger charge is -2.05. The van der Waals surface area contributed by atoms with Gasteiger partial charge in [0.05, 0.1) is 6.61 Å². The second kappa shape index (κ2) is 26.2. The number of carbonyl (C=O) groups excluding carboxylic acids is 1. The first-order chi connectivity index (χ1) is 14.8. The number of rotatable bonds is 24. The van der Waals surface area contributed by atoms with Crippen molar-refractivity contribution >= 4 is 5.97 Å². The Labute approximate surface area is 189 Å². The molecule has 0 rings (SSSR count). The van der Waals surface area contributed by atoms with Gasteiger partial charge in [-0.15, -0.1) is 0 Å². The molecule has 2 nitrogen and oxygen atoms in total. The molecule has 30 heavy (non-hydrogen) atoms. The molecule has 0 heterocycles. The van der Waals surface area contributed by atoms with Crippen LogP contribution in [-0.2, 0) is 9.53 Å². The Morgan fingerprint density at radius 2 is 1.00 bits per heavy atom. The highest BCUT2D eigenvalue weighted by Gasteiger charge is 2.02. The van der Waals surface area contributed by atoms with Crippen LogP contribution in [0.2, 0.25) is 0 Å². The summed E-state index contributed by atoms with van der Waals surface area (Å²) >= 11 is 0. The third-order valence-corrected chi connectivity index (χ3v) is 5.88. The number of carbonyl (C=O) groups is 1. The number of allylic oxidation sites excluding steroid dienone is 2. The number of ether oxygens (including phenoxy) is 1. The van der Waals surface area contributed by atoms with Gasteiger partial charge in [0.1, 0.15) is 0 Å². The summed E-state index contributed by atoms with van der Waals surface area (Å²) in [5, 5.41) is 0. The third-order valence-electron chi connectivity index (χ3n) is 5.88. The van der Waals surface area contributed by atoms with Crippen LogP contribution in [0.1, 0.15) is 155 Å². The summed E-state index contributed by atoms with van der Waals surface area (Å²) in [5.74, 6) is 0.0131. The summed E-state index contributed by atoms with van der Waals surface area (Å²) < 4.78 is 5.38. The quantitative estimate of drug-likeness (QED) is 0.0878. The zero-order chi connectivity index (χ0) is 22.0. The highest BCUT2D eigenvalue weighted by molar-refractivity contribution is 5.69. The van der Waals surface area contributed by atoms with Crippen molar-refractivity contribution < 1.29 is 9.53 Å². The Morgan fingerprint density at radius 1 is 0.533 bits per heavy atom. The molecule has 0 saturated carbocycles. The van der Waals surface area contributed by atoms with Crippen molar-refractivity contribution in [3.63, 3.8) is 0 Å². The maximum atomic E-state index is 11.8. The largest absolute Gasteiger partial charge is 0.466 e. The SMILES string of the molecule is CCC/C=C\CCCCCCCCC(=O)OCCCCCCCCCCCCCC. The second-order valence-electron chi connectivity index (χ2n) is 9.03. The molecular weight excluding hydrogens is 368 g/mol. The van der Waals surface area contributed by atoms with Crippen LogP contribution in [0.3, 0.4) is 0 Å². The van der Waals surface area contributed by atoms with Crippen molar-refractivity contribution in [2.45, 2.75) is 155 Å². The Hall–Kier alpha value is -0.790. The van der Waals surface area contributed by atoms with E-state index in [4.69, 9.17) is 4.74 Å². The van der Waals surface area contributed by atoms with E-state index in [0.717, 1.165) is 12.8 Å². The fourth-order valence-electron chi connectivity index (χ4n) is 3.84. The maximum absolute atomic E-state index is 11.8. The van der Waals surface area contributed by atoms with E-state index in [2.05, 4.69) is 26.0 Å². The van der Waals surface area contributed by atoms with Gasteiger partial charge in [0.25, 0.3) is 0 Å². The molecule has 178 valence electrons. The van der Waals surface area contributed by atoms with E-state index >= 15 is 0 Å². The summed E-state index contributed by atoms with van der Waals surface area (Å²) in [7, 11) is 0. The zero-order valence-corrected chi connectivity index (χ0v) is 20.7. The van der Waals surface area contributed by atoms with Gasteiger partial charge in [0, 0.05) is 6.42 Å². The molecule has 0 aromatic heterocycles. The summed E-state index contributed by atoms with van der Waals surface area (Å²) in [5.41, 5.74) is 0. The molecule has 0 aromatic carbocycles. The van der Waals surface area contributed by atoms with Crippen molar-refractivity contribution in [1.29, 1.82) is 0 Å². The Bertz CT molecular complexity index is 362. The normalized spacial score (nSPS) is 11.4. The maximum Gasteiger partial charge on any atom is 0.305 e. The van der Waals surface area contributed by atoms with Gasteiger partial charge >= 0.3 is 5.97 Å². The average Bonchev–Trinajstić information content (AvgIpc) is 2.75. The van der Waals surface area contributed by atoms with E-state index in [1.165, 1.54) is 122 Å². The van der Waals surface area contributed by atoms with Crippen LogP contribution in [0.4, 0.5) is 0 Å². The predicted molar refractivity (Wildman–Crippen MR) is 133 cm³/mol. The van der Waals surface area contributed by atoms with Crippen molar-refractivity contribution in [3.05, 3.63) is 12.2 Å². The van der Waals surface area contributed by atoms with E-state index in [1.807, 2.05) is 0 Å². The van der Waals surface area contributed by atoms with Crippen molar-refractivity contribution in [2.24, 2.45) is 0 Å². The fraction of sp³-hybridized carbons (Fsp3) is 0.893. The van der Waals surface area contributed by atoms with E-state index in [0.29, 0.717) is 13.0 Å². The average molecular weight is 423 g/mol. The van der Waals surface area contributed by atoms with Crippen molar-refractivity contribution in [1.82, 2.24) is 0 Å². The Kier molecular flexibility index (Phi) is 25.6. The standard InChI is InChI=1S/C28H54O2/c1-3-5-7-9-11-13-15-17-19-21-23-25-27-30-28(29)26-24-22-20-18-16-14-12-10-8-6-4-2/h8,10H,3-7,9,11-27H2,1-2H3/b10-8-. The van der Waals surface area contributed by atoms with E-state index in [1.54, 1.807) is 0 Å². The predicted octanol–water partition coefficient (Wildman–Crippen LogP) is 9.71. The molecule has 2 heteroatoms. The van der Waals surface area contributed by atoms with Gasteiger partial charge < -0.3 is 4.74 Å². The molecule has 0 fully saturated rings. The minimum Gasteiger partial charge on any atom is -0.466 e. The van der Waals surface area contributed by atoms with Crippen LogP contribution in [0.5, 0.6) is 0 Å². The molecule has 0 radical (unpaired) electrons. The molecule has 0 saturated heterocycles. The van der Waals surface area contributed by atoms with Crippen LogP contribution >= 0.6 is 0 Å². The molecule has 0 N–H and O–H groups in total. The lowest BCUT2D eigenvalue weighted by atomic mass is 10.1. The number of esters is 1. The van der Waals surface area contributed by atoms with Crippen LogP contribution in [0.25, 0.3) is 0 Å². The van der Waals surface area contributed by atoms with Crippen molar-refractivity contribution in [3.8, 4) is 0 Å². The Morgan fingerprint density at radius 3 is 1.57 bits per heavy atom. The van der Waals surface area contributed by atoms with Crippen LogP contribution in [-0.4, -0.2) is 12.6 Å². The minimum atomic E-state index is 0.0131. The number of hydrogen-bond donors (Lipinski definition) is 0. The van der Waals surface area contributed by atoms with E-state index in [-0.39, 0.29) is 5.97 Å². The molecular formula is C28H54O2. The second-order valence-corrected chi connectivity index (χ2v) is 9.03. The molecule has 0 unspecified atom stereocenters. The molecule has 0 spiro atoms. The van der Waals surface area contributed by atoms with Crippen molar-refractivity contribution in [2.75, 3.05) is 6.61 Å². The van der Waals surface area contributed by atoms with Gasteiger partial charge in [-0.05, 0) is 32.1 Å². The lowest BCUT2D eigenvalue weighted by molar-refractivity contribution is -0.143. The molecule has 0 bridgehead atoms. The summed E-state index contributed by atoms with van der Waals surface area (Å²) in [6, 6.07) is 0. The molecule has 0 aliphatic carbocycles. The fourth-order valence-corrected chi connectivity index (χ4v) is 3.84. The van der Waals surface area contributed by atoms with Gasteiger partial charge in [-0.3, -0.25) is 4.79 Å². The monoisotopic (exact) mass is 422 g/mol. The summed E-state index contributed by atoms with van der Waals surface area (Å²) in [6.07, 6.45) is 32.4. The van der Waals surface area contributed by atoms with Crippen LogP contribution in [0.15, 0.2) is 12.2 Å². The summed E-state index contributed by atoms with van der Waals surface area (Å²) in [6.45, 7) is 5.13. The van der Waals surface area contributed by atoms with Gasteiger partial charge in [0.15, 0.2) is 0 Å². The lowest BCUT2D eigenvalue weighted by Crippen LogP contribution is -2.05. The van der Waals surface area contributed by atoms with Gasteiger partial charge in [0.2, 0.25) is 0 Å². The minimum absolute atomic E-state index is 0.0131. The smallest absolute Gasteiger partial charge is 0.305 e. The molecule has 0 amide bonds. The van der Waals surface area contributed by atoms with E-state index in [9.17, 15) is 4.79 Å². The van der Waals surface area contributed by atoms with Gasteiger partial charge in [-0.2, -0.15) is 0 Å². The van der Waals surface area contributed by atoms with E-state index < -0.39 is 0 Å². The number of unbranched alkanes of at least 4 members (excludes halogenated alkanes) is 18. The summed E-state index contributed by atoms with van der Waals surface area (Å²) in [4.78, 5) is 11.8. The molecule has 0 aliphatic rings. The molecule has 0 aliphatic heterocycles. The highest BCUT2D eigenvalue weighted by atomic mass is 16.5.